The number of benzene rings is 1. The van der Waals surface area contributed by atoms with E-state index in [1.165, 1.54) is 12.1 Å². The highest BCUT2D eigenvalue weighted by Gasteiger charge is 2.27. The Bertz CT molecular complexity index is 581. The van der Waals surface area contributed by atoms with Crippen LogP contribution in [0.15, 0.2) is 35.1 Å². The maximum Gasteiger partial charge on any atom is 0.264 e. The summed E-state index contributed by atoms with van der Waals surface area (Å²) in [6, 6.07) is 7.83. The van der Waals surface area contributed by atoms with Crippen LogP contribution >= 0.6 is 0 Å². The van der Waals surface area contributed by atoms with E-state index in [2.05, 4.69) is 5.10 Å². The van der Waals surface area contributed by atoms with Crippen LogP contribution in [0.1, 0.15) is 24.5 Å². The second-order valence-corrected chi connectivity index (χ2v) is 4.13. The van der Waals surface area contributed by atoms with Crippen LogP contribution in [0, 0.1) is 5.82 Å². The fraction of sp³-hybridized carbons (Fsp3) is 0.250. The fourth-order valence-electron chi connectivity index (χ4n) is 1.91. The second kappa shape index (κ2) is 3.33. The highest BCUT2D eigenvalue weighted by Crippen LogP contribution is 2.39. The molecule has 2 aromatic rings. The first-order valence-corrected chi connectivity index (χ1v) is 5.32. The Morgan fingerprint density at radius 2 is 2.12 bits per heavy atom. The summed E-state index contributed by atoms with van der Waals surface area (Å²) in [4.78, 5) is 11.3. The summed E-state index contributed by atoms with van der Waals surface area (Å²) >= 11 is 0. The Balaban J connectivity index is 2.14. The lowest BCUT2D eigenvalue weighted by Crippen LogP contribution is -2.05. The molecule has 16 heavy (non-hydrogen) atoms. The lowest BCUT2D eigenvalue weighted by molar-refractivity contribution is 0.624. The van der Waals surface area contributed by atoms with Gasteiger partial charge >= 0.3 is 0 Å². The molecule has 1 N–H and O–H groups in total. The number of H-pyrrole nitrogens is 1. The molecule has 1 aromatic carbocycles. The third-order valence-corrected chi connectivity index (χ3v) is 2.82. The molecule has 1 aliphatic rings. The second-order valence-electron chi connectivity index (χ2n) is 4.13. The van der Waals surface area contributed by atoms with Crippen molar-refractivity contribution < 1.29 is 4.39 Å². The van der Waals surface area contributed by atoms with Crippen molar-refractivity contribution in [3.63, 3.8) is 0 Å². The predicted octanol–water partition coefficient (Wildman–Crippen LogP) is 2.18. The smallest absolute Gasteiger partial charge is 0.264 e. The van der Waals surface area contributed by atoms with Crippen LogP contribution in [-0.4, -0.2) is 9.78 Å². The van der Waals surface area contributed by atoms with E-state index >= 15 is 0 Å². The van der Waals surface area contributed by atoms with Crippen LogP contribution in [0.5, 0.6) is 0 Å². The summed E-state index contributed by atoms with van der Waals surface area (Å²) in [6.45, 7) is 0. The van der Waals surface area contributed by atoms with Gasteiger partial charge in [0.05, 0.1) is 5.69 Å². The normalized spacial score (nSPS) is 15.3. The third-order valence-electron chi connectivity index (χ3n) is 2.82. The first kappa shape index (κ1) is 9.39. The highest BCUT2D eigenvalue weighted by molar-refractivity contribution is 5.34. The van der Waals surface area contributed by atoms with Crippen LogP contribution in [0.3, 0.4) is 0 Å². The molecule has 0 radical (unpaired) electrons. The van der Waals surface area contributed by atoms with E-state index in [0.717, 1.165) is 18.5 Å². The SMILES string of the molecule is O=c1cc(C2CC2)n(-c2cccc(F)c2)[nH]1. The first-order chi connectivity index (χ1) is 7.74. The summed E-state index contributed by atoms with van der Waals surface area (Å²) < 4.78 is 14.8. The monoisotopic (exact) mass is 218 g/mol. The summed E-state index contributed by atoms with van der Waals surface area (Å²) in [5.41, 5.74) is 1.49. The van der Waals surface area contributed by atoms with Crippen LogP contribution in [0.25, 0.3) is 5.69 Å². The van der Waals surface area contributed by atoms with E-state index in [1.54, 1.807) is 22.9 Å². The van der Waals surface area contributed by atoms with E-state index in [4.69, 9.17) is 0 Å². The van der Waals surface area contributed by atoms with Gasteiger partial charge in [-0.05, 0) is 31.0 Å². The fourth-order valence-corrected chi connectivity index (χ4v) is 1.91. The van der Waals surface area contributed by atoms with Gasteiger partial charge < -0.3 is 0 Å². The molecule has 0 unspecified atom stereocenters. The highest BCUT2D eigenvalue weighted by atomic mass is 19.1. The molecule has 3 nitrogen and oxygen atoms in total. The van der Waals surface area contributed by atoms with Gasteiger partial charge in [0, 0.05) is 17.7 Å². The maximum absolute atomic E-state index is 13.1. The Labute approximate surface area is 91.5 Å². The molecule has 0 saturated heterocycles. The Morgan fingerprint density at radius 3 is 2.81 bits per heavy atom. The van der Waals surface area contributed by atoms with Crippen molar-refractivity contribution in [1.29, 1.82) is 0 Å². The Kier molecular flexibility index (Phi) is 1.96. The number of aromatic amines is 1. The summed E-state index contributed by atoms with van der Waals surface area (Å²) in [5, 5.41) is 2.70. The topological polar surface area (TPSA) is 37.8 Å². The van der Waals surface area contributed by atoms with Gasteiger partial charge in [-0.1, -0.05) is 6.07 Å². The quantitative estimate of drug-likeness (QED) is 0.824. The minimum absolute atomic E-state index is 0.133. The van der Waals surface area contributed by atoms with Gasteiger partial charge in [-0.15, -0.1) is 0 Å². The molecule has 0 bridgehead atoms. The largest absolute Gasteiger partial charge is 0.268 e. The summed E-state index contributed by atoms with van der Waals surface area (Å²) in [7, 11) is 0. The zero-order chi connectivity index (χ0) is 11.1. The first-order valence-electron chi connectivity index (χ1n) is 5.32. The molecule has 82 valence electrons. The Morgan fingerprint density at radius 1 is 1.31 bits per heavy atom. The van der Waals surface area contributed by atoms with Gasteiger partial charge in [0.15, 0.2) is 0 Å². The molecule has 0 atom stereocenters. The standard InChI is InChI=1S/C12H11FN2O/c13-9-2-1-3-10(6-9)15-11(8-4-5-8)7-12(16)14-15/h1-3,6-8H,4-5H2,(H,14,16). The average Bonchev–Trinajstić information content (AvgIpc) is 3.02. The predicted molar refractivity (Wildman–Crippen MR) is 58.3 cm³/mol. The van der Waals surface area contributed by atoms with Crippen molar-refractivity contribution >= 4 is 0 Å². The summed E-state index contributed by atoms with van der Waals surface area (Å²) in [6.07, 6.45) is 2.21. The van der Waals surface area contributed by atoms with E-state index in [1.807, 2.05) is 0 Å². The van der Waals surface area contributed by atoms with E-state index < -0.39 is 0 Å². The lowest BCUT2D eigenvalue weighted by Gasteiger charge is -2.07. The van der Waals surface area contributed by atoms with Crippen molar-refractivity contribution in [3.8, 4) is 5.69 Å². The lowest BCUT2D eigenvalue weighted by atomic mass is 10.2. The molecule has 1 fully saturated rings. The third kappa shape index (κ3) is 1.56. The zero-order valence-electron chi connectivity index (χ0n) is 8.61. The van der Waals surface area contributed by atoms with Gasteiger partial charge in [0.2, 0.25) is 0 Å². The molecule has 0 spiro atoms. The average molecular weight is 218 g/mol. The number of nitrogens with one attached hydrogen (secondary N) is 1. The van der Waals surface area contributed by atoms with Gasteiger partial charge in [-0.3, -0.25) is 14.6 Å². The molecule has 1 aliphatic carbocycles. The van der Waals surface area contributed by atoms with Crippen molar-refractivity contribution in [2.75, 3.05) is 0 Å². The minimum Gasteiger partial charge on any atom is -0.268 e. The molecular formula is C12H11FN2O. The number of hydrogen-bond acceptors (Lipinski definition) is 1. The summed E-state index contributed by atoms with van der Waals surface area (Å²) in [5.74, 6) is 0.149. The van der Waals surface area contributed by atoms with Crippen molar-refractivity contribution in [2.24, 2.45) is 0 Å². The van der Waals surface area contributed by atoms with Gasteiger partial charge in [0.25, 0.3) is 5.56 Å². The molecule has 4 heteroatoms. The van der Waals surface area contributed by atoms with Crippen LogP contribution in [-0.2, 0) is 0 Å². The molecule has 0 aliphatic heterocycles. The van der Waals surface area contributed by atoms with Gasteiger partial charge in [0.1, 0.15) is 5.82 Å². The minimum atomic E-state index is -0.297. The molecule has 1 heterocycles. The van der Waals surface area contributed by atoms with Gasteiger partial charge in [-0.2, -0.15) is 0 Å². The number of hydrogen-bond donors (Lipinski definition) is 1. The molecule has 0 amide bonds. The van der Waals surface area contributed by atoms with Crippen molar-refractivity contribution in [2.45, 2.75) is 18.8 Å². The number of aromatic nitrogens is 2. The Hall–Kier alpha value is -1.84. The molecular weight excluding hydrogens is 207 g/mol. The van der Waals surface area contributed by atoms with Crippen LogP contribution in [0.2, 0.25) is 0 Å². The molecule has 3 rings (SSSR count). The van der Waals surface area contributed by atoms with Gasteiger partial charge in [-0.25, -0.2) is 4.39 Å². The van der Waals surface area contributed by atoms with E-state index in [0.29, 0.717) is 11.6 Å². The zero-order valence-corrected chi connectivity index (χ0v) is 8.61. The number of nitrogens with zero attached hydrogens (tertiary/aromatic N) is 1. The van der Waals surface area contributed by atoms with Crippen molar-refractivity contribution in [1.82, 2.24) is 9.78 Å². The molecule has 1 saturated carbocycles. The van der Waals surface area contributed by atoms with Crippen LogP contribution < -0.4 is 5.56 Å². The van der Waals surface area contributed by atoms with Crippen LogP contribution in [0.4, 0.5) is 4.39 Å². The van der Waals surface area contributed by atoms with E-state index in [9.17, 15) is 9.18 Å². The van der Waals surface area contributed by atoms with E-state index in [-0.39, 0.29) is 11.4 Å². The number of halogens is 1. The maximum atomic E-state index is 13.1. The van der Waals surface area contributed by atoms with Crippen molar-refractivity contribution in [3.05, 3.63) is 52.2 Å². The number of rotatable bonds is 2. The molecule has 1 aromatic heterocycles.